The van der Waals surface area contributed by atoms with Crippen molar-refractivity contribution in [3.05, 3.63) is 53.6 Å². The van der Waals surface area contributed by atoms with Gasteiger partial charge < -0.3 is 14.2 Å². The lowest BCUT2D eigenvalue weighted by molar-refractivity contribution is 0.173. The van der Waals surface area contributed by atoms with Crippen molar-refractivity contribution in [2.75, 3.05) is 6.79 Å². The van der Waals surface area contributed by atoms with Crippen LogP contribution >= 0.6 is 0 Å². The fourth-order valence-corrected chi connectivity index (χ4v) is 2.30. The van der Waals surface area contributed by atoms with Crippen molar-refractivity contribution in [3.63, 3.8) is 0 Å². The highest BCUT2D eigenvalue weighted by molar-refractivity contribution is 5.52. The standard InChI is InChI=1S/C17H18O3/c1-2-6-14-9-16-17(20-12-19-16)10-15(14)18-11-13-7-4-3-5-8-13/h3-5,7-10H,2,6,11-12H2,1H3. The van der Waals surface area contributed by atoms with Gasteiger partial charge in [-0.2, -0.15) is 0 Å². The molecule has 2 aromatic carbocycles. The first kappa shape index (κ1) is 12.9. The SMILES string of the molecule is CCCc1cc2c(cc1OCc1ccccc1)OCO2. The number of hydrogen-bond donors (Lipinski definition) is 0. The third kappa shape index (κ3) is 2.72. The molecule has 1 aliphatic rings. The van der Waals surface area contributed by atoms with Crippen LogP contribution in [0, 0.1) is 0 Å². The lowest BCUT2D eigenvalue weighted by Gasteiger charge is -2.12. The topological polar surface area (TPSA) is 27.7 Å². The van der Waals surface area contributed by atoms with Crippen LogP contribution in [0.3, 0.4) is 0 Å². The number of rotatable bonds is 5. The van der Waals surface area contributed by atoms with Crippen molar-refractivity contribution in [3.8, 4) is 17.2 Å². The van der Waals surface area contributed by atoms with Gasteiger partial charge in [0.15, 0.2) is 11.5 Å². The minimum atomic E-state index is 0.295. The summed E-state index contributed by atoms with van der Waals surface area (Å²) in [4.78, 5) is 0. The molecule has 0 aliphatic carbocycles. The maximum absolute atomic E-state index is 5.97. The van der Waals surface area contributed by atoms with E-state index in [0.29, 0.717) is 13.4 Å². The van der Waals surface area contributed by atoms with Crippen molar-refractivity contribution < 1.29 is 14.2 Å². The van der Waals surface area contributed by atoms with E-state index < -0.39 is 0 Å². The van der Waals surface area contributed by atoms with Crippen molar-refractivity contribution in [1.29, 1.82) is 0 Å². The van der Waals surface area contributed by atoms with E-state index in [1.165, 1.54) is 5.56 Å². The molecule has 20 heavy (non-hydrogen) atoms. The Balaban J connectivity index is 1.80. The Kier molecular flexibility index (Phi) is 3.77. The molecule has 0 saturated heterocycles. The minimum Gasteiger partial charge on any atom is -0.488 e. The highest BCUT2D eigenvalue weighted by Gasteiger charge is 2.17. The Morgan fingerprint density at radius 1 is 1.05 bits per heavy atom. The molecule has 0 bridgehead atoms. The van der Waals surface area contributed by atoms with Crippen LogP contribution in [0.15, 0.2) is 42.5 Å². The molecule has 0 spiro atoms. The van der Waals surface area contributed by atoms with Crippen molar-refractivity contribution in [2.45, 2.75) is 26.4 Å². The zero-order chi connectivity index (χ0) is 13.8. The fourth-order valence-electron chi connectivity index (χ4n) is 2.30. The van der Waals surface area contributed by atoms with Crippen LogP contribution in [0.5, 0.6) is 17.2 Å². The summed E-state index contributed by atoms with van der Waals surface area (Å²) in [6.07, 6.45) is 2.04. The number of benzene rings is 2. The van der Waals surface area contributed by atoms with Gasteiger partial charge in [-0.3, -0.25) is 0 Å². The molecule has 3 heteroatoms. The maximum atomic E-state index is 5.97. The van der Waals surface area contributed by atoms with Crippen LogP contribution in [0.2, 0.25) is 0 Å². The first-order chi connectivity index (χ1) is 9.86. The summed E-state index contributed by atoms with van der Waals surface area (Å²) in [6.45, 7) is 3.02. The highest BCUT2D eigenvalue weighted by Crippen LogP contribution is 2.38. The zero-order valence-electron chi connectivity index (χ0n) is 11.6. The van der Waals surface area contributed by atoms with Crippen LogP contribution in [-0.2, 0) is 13.0 Å². The molecule has 0 atom stereocenters. The van der Waals surface area contributed by atoms with Crippen LogP contribution in [-0.4, -0.2) is 6.79 Å². The summed E-state index contributed by atoms with van der Waals surface area (Å²) in [7, 11) is 0. The van der Waals surface area contributed by atoms with Crippen LogP contribution in [0.4, 0.5) is 0 Å². The van der Waals surface area contributed by atoms with Crippen molar-refractivity contribution >= 4 is 0 Å². The average molecular weight is 270 g/mol. The average Bonchev–Trinajstić information content (AvgIpc) is 2.93. The van der Waals surface area contributed by atoms with Gasteiger partial charge in [-0.1, -0.05) is 43.7 Å². The highest BCUT2D eigenvalue weighted by atomic mass is 16.7. The summed E-state index contributed by atoms with van der Waals surface area (Å²) in [5.74, 6) is 2.48. The lowest BCUT2D eigenvalue weighted by Crippen LogP contribution is -1.98. The van der Waals surface area contributed by atoms with Gasteiger partial charge in [-0.15, -0.1) is 0 Å². The van der Waals surface area contributed by atoms with E-state index in [1.807, 2.05) is 30.3 Å². The predicted molar refractivity (Wildman–Crippen MR) is 77.3 cm³/mol. The Bertz CT molecular complexity index is 578. The molecule has 0 fully saturated rings. The number of ether oxygens (including phenoxy) is 3. The van der Waals surface area contributed by atoms with Crippen molar-refractivity contribution in [2.24, 2.45) is 0 Å². The summed E-state index contributed by atoms with van der Waals surface area (Å²) in [5, 5.41) is 0. The third-order valence-electron chi connectivity index (χ3n) is 3.31. The van der Waals surface area contributed by atoms with Crippen LogP contribution < -0.4 is 14.2 Å². The van der Waals surface area contributed by atoms with Gasteiger partial charge in [-0.05, 0) is 23.6 Å². The minimum absolute atomic E-state index is 0.295. The van der Waals surface area contributed by atoms with E-state index >= 15 is 0 Å². The first-order valence-electron chi connectivity index (χ1n) is 6.96. The van der Waals surface area contributed by atoms with Crippen LogP contribution in [0.1, 0.15) is 24.5 Å². The number of fused-ring (bicyclic) bond motifs is 1. The molecule has 1 aliphatic heterocycles. The Hall–Kier alpha value is -2.16. The summed E-state index contributed by atoms with van der Waals surface area (Å²) in [5.41, 5.74) is 2.33. The molecule has 3 rings (SSSR count). The monoisotopic (exact) mass is 270 g/mol. The first-order valence-corrected chi connectivity index (χ1v) is 6.96. The lowest BCUT2D eigenvalue weighted by atomic mass is 10.1. The van der Waals surface area contributed by atoms with Gasteiger partial charge in [0.2, 0.25) is 6.79 Å². The molecule has 0 unspecified atom stereocenters. The van der Waals surface area contributed by atoms with Gasteiger partial charge in [-0.25, -0.2) is 0 Å². The predicted octanol–water partition coefficient (Wildman–Crippen LogP) is 3.95. The molecule has 0 N–H and O–H groups in total. The third-order valence-corrected chi connectivity index (χ3v) is 3.31. The van der Waals surface area contributed by atoms with Gasteiger partial charge in [0.1, 0.15) is 12.4 Å². The Morgan fingerprint density at radius 3 is 2.55 bits per heavy atom. The molecule has 104 valence electrons. The number of aryl methyl sites for hydroxylation is 1. The Labute approximate surface area is 119 Å². The summed E-state index contributed by atoms with van der Waals surface area (Å²) >= 11 is 0. The molecule has 3 nitrogen and oxygen atoms in total. The van der Waals surface area contributed by atoms with Gasteiger partial charge in [0, 0.05) is 6.07 Å². The fraction of sp³-hybridized carbons (Fsp3) is 0.294. The molecule has 0 radical (unpaired) electrons. The molecule has 1 heterocycles. The van der Waals surface area contributed by atoms with Gasteiger partial charge in [0.25, 0.3) is 0 Å². The molecular formula is C17H18O3. The Morgan fingerprint density at radius 2 is 1.80 bits per heavy atom. The molecule has 0 amide bonds. The van der Waals surface area contributed by atoms with E-state index in [0.717, 1.165) is 35.7 Å². The molecule has 0 aromatic heterocycles. The quantitative estimate of drug-likeness (QED) is 0.823. The summed E-state index contributed by atoms with van der Waals surface area (Å²) in [6, 6.07) is 14.1. The summed E-state index contributed by atoms with van der Waals surface area (Å²) < 4.78 is 16.8. The smallest absolute Gasteiger partial charge is 0.231 e. The van der Waals surface area contributed by atoms with Crippen molar-refractivity contribution in [1.82, 2.24) is 0 Å². The molecule has 2 aromatic rings. The van der Waals surface area contributed by atoms with Gasteiger partial charge >= 0.3 is 0 Å². The van der Waals surface area contributed by atoms with Gasteiger partial charge in [0.05, 0.1) is 0 Å². The second kappa shape index (κ2) is 5.87. The van der Waals surface area contributed by atoms with E-state index in [1.54, 1.807) is 0 Å². The van der Waals surface area contributed by atoms with E-state index in [9.17, 15) is 0 Å². The normalized spacial score (nSPS) is 12.4. The largest absolute Gasteiger partial charge is 0.488 e. The maximum Gasteiger partial charge on any atom is 0.231 e. The number of hydrogen-bond acceptors (Lipinski definition) is 3. The molecular weight excluding hydrogens is 252 g/mol. The molecule has 0 saturated carbocycles. The zero-order valence-corrected chi connectivity index (χ0v) is 11.6. The van der Waals surface area contributed by atoms with E-state index in [2.05, 4.69) is 19.1 Å². The van der Waals surface area contributed by atoms with E-state index in [-0.39, 0.29) is 0 Å². The second-order valence-corrected chi connectivity index (χ2v) is 4.84. The van der Waals surface area contributed by atoms with E-state index in [4.69, 9.17) is 14.2 Å². The second-order valence-electron chi connectivity index (χ2n) is 4.84. The van der Waals surface area contributed by atoms with Crippen LogP contribution in [0.25, 0.3) is 0 Å².